The third-order valence-electron chi connectivity index (χ3n) is 7.90. The molecule has 0 N–H and O–H groups in total. The van der Waals surface area contributed by atoms with Crippen LogP contribution in [0.2, 0.25) is 0 Å². The summed E-state index contributed by atoms with van der Waals surface area (Å²) in [6, 6.07) is 56.7. The average Bonchev–Trinajstić information content (AvgIpc) is 3.23. The van der Waals surface area contributed by atoms with E-state index in [0.29, 0.717) is 11.5 Å². The Kier molecular flexibility index (Phi) is 6.12. The van der Waals surface area contributed by atoms with Gasteiger partial charge < -0.3 is 14.4 Å². The number of para-hydroxylation sites is 1. The van der Waals surface area contributed by atoms with E-state index in [9.17, 15) is 0 Å². The number of ether oxygens (including phenoxy) is 2. The predicted molar refractivity (Wildman–Crippen MR) is 176 cm³/mol. The second kappa shape index (κ2) is 10.6. The zero-order chi connectivity index (χ0) is 28.6. The van der Waals surface area contributed by atoms with Crippen molar-refractivity contribution in [2.24, 2.45) is 0 Å². The van der Waals surface area contributed by atoms with Gasteiger partial charge in [0.1, 0.15) is 11.5 Å². The number of hydrogen-bond donors (Lipinski definition) is 0. The summed E-state index contributed by atoms with van der Waals surface area (Å²) in [5.74, 6) is 2.94. The van der Waals surface area contributed by atoms with Crippen molar-refractivity contribution < 1.29 is 9.47 Å². The quantitative estimate of drug-likeness (QED) is 0.212. The minimum Gasteiger partial charge on any atom is -0.453 e. The molecular weight excluding hydrogens is 526 g/mol. The fourth-order valence-corrected chi connectivity index (χ4v) is 5.90. The van der Waals surface area contributed by atoms with Crippen LogP contribution in [0.3, 0.4) is 0 Å². The Balaban J connectivity index is 1.29. The van der Waals surface area contributed by atoms with Gasteiger partial charge in [0.2, 0.25) is 0 Å². The number of nitrogens with zero attached hydrogens (tertiary/aromatic N) is 1. The first-order valence-electron chi connectivity index (χ1n) is 14.4. The first-order chi connectivity index (χ1) is 21.3. The lowest BCUT2D eigenvalue weighted by molar-refractivity contribution is 0.439. The van der Waals surface area contributed by atoms with Gasteiger partial charge >= 0.3 is 0 Å². The number of benzene rings is 7. The van der Waals surface area contributed by atoms with Crippen molar-refractivity contribution in [2.45, 2.75) is 0 Å². The Labute approximate surface area is 250 Å². The molecule has 0 aliphatic carbocycles. The van der Waals surface area contributed by atoms with Crippen LogP contribution in [0.15, 0.2) is 164 Å². The molecule has 1 aliphatic rings. The van der Waals surface area contributed by atoms with Gasteiger partial charge in [-0.3, -0.25) is 0 Å². The average molecular weight is 554 g/mol. The maximum atomic E-state index is 6.56. The highest BCUT2D eigenvalue weighted by Gasteiger charge is 2.22. The fourth-order valence-electron chi connectivity index (χ4n) is 5.90. The van der Waals surface area contributed by atoms with Gasteiger partial charge in [0.15, 0.2) is 11.5 Å². The summed E-state index contributed by atoms with van der Waals surface area (Å²) in [6.45, 7) is 0. The molecule has 7 aromatic rings. The highest BCUT2D eigenvalue weighted by molar-refractivity contribution is 5.95. The highest BCUT2D eigenvalue weighted by Crippen LogP contribution is 2.48. The topological polar surface area (TPSA) is 21.7 Å². The summed E-state index contributed by atoms with van der Waals surface area (Å²) >= 11 is 0. The monoisotopic (exact) mass is 553 g/mol. The molecule has 0 unspecified atom stereocenters. The molecule has 1 aliphatic heterocycles. The van der Waals surface area contributed by atoms with Crippen molar-refractivity contribution in [3.05, 3.63) is 164 Å². The Morgan fingerprint density at radius 1 is 0.349 bits per heavy atom. The molecule has 0 radical (unpaired) electrons. The predicted octanol–water partition coefficient (Wildman–Crippen LogP) is 11.5. The molecule has 204 valence electrons. The number of fused-ring (bicyclic) bond motifs is 1. The molecule has 0 saturated carbocycles. The third kappa shape index (κ3) is 4.58. The second-order valence-electron chi connectivity index (χ2n) is 10.6. The van der Waals surface area contributed by atoms with Gasteiger partial charge in [0.25, 0.3) is 0 Å². The summed E-state index contributed by atoms with van der Waals surface area (Å²) in [5, 5.41) is 2.06. The molecule has 0 bridgehead atoms. The molecule has 0 amide bonds. The van der Waals surface area contributed by atoms with E-state index in [0.717, 1.165) is 39.3 Å². The standard InChI is InChI=1S/C40H27NO2/c1-4-12-28(13-5-1)34-24-22-32(26-35(34)29-14-6-2-7-15-29)41(31-18-8-3-9-19-31)33-23-25-36-39(27-33)43-38-21-11-17-30-16-10-20-37(42-36)40(30)38/h1-27H. The normalized spacial score (nSPS) is 11.6. The van der Waals surface area contributed by atoms with Gasteiger partial charge in [-0.05, 0) is 76.2 Å². The van der Waals surface area contributed by atoms with Crippen LogP contribution in [0.5, 0.6) is 23.0 Å². The van der Waals surface area contributed by atoms with Crippen molar-refractivity contribution in [1.82, 2.24) is 0 Å². The lowest BCUT2D eigenvalue weighted by atomic mass is 9.93. The van der Waals surface area contributed by atoms with E-state index in [1.54, 1.807) is 0 Å². The van der Waals surface area contributed by atoms with Gasteiger partial charge in [-0.1, -0.05) is 109 Å². The summed E-state index contributed by atoms with van der Waals surface area (Å²) in [4.78, 5) is 2.27. The molecule has 8 rings (SSSR count). The van der Waals surface area contributed by atoms with Crippen molar-refractivity contribution >= 4 is 27.8 Å². The SMILES string of the molecule is c1ccc(-c2ccc(N(c3ccccc3)c3ccc4c(c3)Oc3cccc5cccc(c35)O4)cc2-c2ccccc2)cc1. The summed E-state index contributed by atoms with van der Waals surface area (Å²) in [7, 11) is 0. The number of rotatable bonds is 5. The first-order valence-corrected chi connectivity index (χ1v) is 14.4. The van der Waals surface area contributed by atoms with E-state index in [1.165, 1.54) is 22.3 Å². The Bertz CT molecular complexity index is 2070. The molecule has 7 aromatic carbocycles. The van der Waals surface area contributed by atoms with E-state index in [-0.39, 0.29) is 0 Å². The van der Waals surface area contributed by atoms with Crippen LogP contribution in [0, 0.1) is 0 Å². The maximum absolute atomic E-state index is 6.56. The van der Waals surface area contributed by atoms with Crippen molar-refractivity contribution in [3.8, 4) is 45.3 Å². The molecule has 3 nitrogen and oxygen atoms in total. The van der Waals surface area contributed by atoms with E-state index in [4.69, 9.17) is 9.47 Å². The highest BCUT2D eigenvalue weighted by atomic mass is 16.5. The van der Waals surface area contributed by atoms with E-state index in [2.05, 4.69) is 132 Å². The molecule has 0 aromatic heterocycles. The molecular formula is C40H27NO2. The molecule has 0 fully saturated rings. The molecule has 3 heteroatoms. The molecule has 43 heavy (non-hydrogen) atoms. The van der Waals surface area contributed by atoms with Crippen LogP contribution < -0.4 is 14.4 Å². The lowest BCUT2D eigenvalue weighted by Crippen LogP contribution is -2.10. The molecule has 0 saturated heterocycles. The van der Waals surface area contributed by atoms with Crippen molar-refractivity contribution in [1.29, 1.82) is 0 Å². The Morgan fingerprint density at radius 3 is 1.58 bits per heavy atom. The van der Waals surface area contributed by atoms with E-state index < -0.39 is 0 Å². The number of hydrogen-bond acceptors (Lipinski definition) is 3. The minimum atomic E-state index is 0.673. The van der Waals surface area contributed by atoms with Crippen LogP contribution in [0.4, 0.5) is 17.1 Å². The summed E-state index contributed by atoms with van der Waals surface area (Å²) < 4.78 is 13.0. The smallest absolute Gasteiger partial charge is 0.172 e. The zero-order valence-corrected chi connectivity index (χ0v) is 23.4. The van der Waals surface area contributed by atoms with Gasteiger partial charge in [0.05, 0.1) is 11.1 Å². The van der Waals surface area contributed by atoms with Gasteiger partial charge in [0, 0.05) is 17.4 Å². The van der Waals surface area contributed by atoms with Crippen LogP contribution in [-0.4, -0.2) is 0 Å². The van der Waals surface area contributed by atoms with Crippen molar-refractivity contribution in [2.75, 3.05) is 4.90 Å². The number of anilines is 3. The second-order valence-corrected chi connectivity index (χ2v) is 10.6. The Hall–Kier alpha value is -5.80. The Morgan fingerprint density at radius 2 is 0.907 bits per heavy atom. The van der Waals surface area contributed by atoms with Crippen LogP contribution in [-0.2, 0) is 0 Å². The van der Waals surface area contributed by atoms with E-state index >= 15 is 0 Å². The zero-order valence-electron chi connectivity index (χ0n) is 23.4. The van der Waals surface area contributed by atoms with Crippen LogP contribution in [0.25, 0.3) is 33.0 Å². The van der Waals surface area contributed by atoms with Gasteiger partial charge in [-0.15, -0.1) is 0 Å². The first kappa shape index (κ1) is 25.0. The van der Waals surface area contributed by atoms with E-state index in [1.807, 2.05) is 36.4 Å². The lowest BCUT2D eigenvalue weighted by Gasteiger charge is -2.27. The van der Waals surface area contributed by atoms with Gasteiger partial charge in [-0.25, -0.2) is 0 Å². The van der Waals surface area contributed by atoms with Gasteiger partial charge in [-0.2, -0.15) is 0 Å². The fraction of sp³-hybridized carbons (Fsp3) is 0. The summed E-state index contributed by atoms with van der Waals surface area (Å²) in [5.41, 5.74) is 7.77. The minimum absolute atomic E-state index is 0.673. The molecule has 0 atom stereocenters. The summed E-state index contributed by atoms with van der Waals surface area (Å²) in [6.07, 6.45) is 0. The van der Waals surface area contributed by atoms with Crippen LogP contribution in [0.1, 0.15) is 0 Å². The van der Waals surface area contributed by atoms with Crippen LogP contribution >= 0.6 is 0 Å². The largest absolute Gasteiger partial charge is 0.453 e. The maximum Gasteiger partial charge on any atom is 0.172 e. The molecule has 0 spiro atoms. The van der Waals surface area contributed by atoms with Crippen molar-refractivity contribution in [3.63, 3.8) is 0 Å². The molecule has 1 heterocycles. The third-order valence-corrected chi connectivity index (χ3v) is 7.90.